The number of thioether (sulfide) groups is 1. The van der Waals surface area contributed by atoms with Crippen LogP contribution < -0.4 is 5.73 Å². The van der Waals surface area contributed by atoms with Crippen LogP contribution in [0.2, 0.25) is 0 Å². The number of nitrogens with zero attached hydrogens (tertiary/aromatic N) is 1. The molecule has 6 heteroatoms. The number of aliphatic imine (C=N–C) groups is 1. The van der Waals surface area contributed by atoms with Crippen LogP contribution in [-0.2, 0) is 9.59 Å². The lowest BCUT2D eigenvalue weighted by Crippen LogP contribution is -2.18. The molecule has 0 spiro atoms. The highest BCUT2D eigenvalue weighted by Gasteiger charge is 2.28. The van der Waals surface area contributed by atoms with E-state index in [-0.39, 0.29) is 11.0 Å². The normalized spacial score (nSPS) is 24.7. The van der Waals surface area contributed by atoms with Crippen molar-refractivity contribution in [2.24, 2.45) is 10.7 Å². The molecule has 0 aliphatic carbocycles. The second-order valence-corrected chi connectivity index (χ2v) is 4.17. The zero-order chi connectivity index (χ0) is 7.72. The molecule has 0 radical (unpaired) electrons. The van der Waals surface area contributed by atoms with Crippen LogP contribution in [0.4, 0.5) is 0 Å². The van der Waals surface area contributed by atoms with Crippen molar-refractivity contribution in [3.63, 3.8) is 0 Å². The topological polar surface area (TPSA) is 72.5 Å². The first kappa shape index (κ1) is 7.74. The monoisotopic (exact) mass is 222 g/mol. The molecule has 1 aliphatic heterocycles. The molecule has 54 valence electrons. The van der Waals surface area contributed by atoms with Gasteiger partial charge in [0, 0.05) is 0 Å². The summed E-state index contributed by atoms with van der Waals surface area (Å²) in [7, 11) is 0. The van der Waals surface area contributed by atoms with E-state index >= 15 is 0 Å². The van der Waals surface area contributed by atoms with Gasteiger partial charge in [0.05, 0.1) is 0 Å². The van der Waals surface area contributed by atoms with Crippen LogP contribution in [0.15, 0.2) is 4.99 Å². The Kier molecular flexibility index (Phi) is 2.10. The molecule has 1 heterocycles. The number of hydrogen-bond acceptors (Lipinski definition) is 3. The molecule has 4 nitrogen and oxygen atoms in total. The van der Waals surface area contributed by atoms with E-state index in [1.165, 1.54) is 0 Å². The summed E-state index contributed by atoms with van der Waals surface area (Å²) in [6.45, 7) is 0. The molecule has 1 rings (SSSR count). The Hall–Kier alpha value is -0.360. The Labute approximate surface area is 69.4 Å². The highest BCUT2D eigenvalue weighted by atomic mass is 79.9. The first-order valence-corrected chi connectivity index (χ1v) is 4.14. The van der Waals surface area contributed by atoms with E-state index in [0.717, 1.165) is 11.8 Å². The van der Waals surface area contributed by atoms with Gasteiger partial charge in [0.1, 0.15) is 4.16 Å². The number of alkyl halides is 1. The second kappa shape index (κ2) is 2.71. The maximum absolute atomic E-state index is 10.6. The summed E-state index contributed by atoms with van der Waals surface area (Å²) >= 11 is 4.03. The van der Waals surface area contributed by atoms with Crippen LogP contribution >= 0.6 is 27.7 Å². The van der Waals surface area contributed by atoms with E-state index in [1.54, 1.807) is 0 Å². The minimum Gasteiger partial charge on any atom is -0.364 e. The summed E-state index contributed by atoms with van der Waals surface area (Å²) in [6, 6.07) is 0. The Morgan fingerprint density at radius 3 is 2.60 bits per heavy atom. The maximum atomic E-state index is 10.6. The van der Waals surface area contributed by atoms with Crippen molar-refractivity contribution >= 4 is 44.5 Å². The van der Waals surface area contributed by atoms with Gasteiger partial charge in [-0.25, -0.2) is 0 Å². The number of amides is 2. The number of carbonyl (C=O) groups is 2. The molecule has 1 unspecified atom stereocenters. The van der Waals surface area contributed by atoms with Gasteiger partial charge in [-0.05, 0) is 0 Å². The first-order valence-electron chi connectivity index (χ1n) is 2.34. The molecule has 2 N–H and O–H groups in total. The zero-order valence-corrected chi connectivity index (χ0v) is 7.11. The molecule has 0 saturated carbocycles. The summed E-state index contributed by atoms with van der Waals surface area (Å²) < 4.78 is -0.435. The SMILES string of the molecule is NC(=O)C1=NC(=O)C(Br)S1. The number of hydrogen-bond donors (Lipinski definition) is 1. The molecule has 0 fully saturated rings. The fraction of sp³-hybridized carbons (Fsp3) is 0.250. The summed E-state index contributed by atoms with van der Waals surface area (Å²) in [4.78, 5) is 24.4. The molecule has 1 aliphatic rings. The predicted octanol–water partition coefficient (Wildman–Crippen LogP) is -0.135. The average Bonchev–Trinajstić information content (AvgIpc) is 2.13. The van der Waals surface area contributed by atoms with E-state index in [9.17, 15) is 9.59 Å². The Morgan fingerprint density at radius 2 is 2.40 bits per heavy atom. The fourth-order valence-electron chi connectivity index (χ4n) is 0.439. The highest BCUT2D eigenvalue weighted by Crippen LogP contribution is 2.26. The van der Waals surface area contributed by atoms with Crippen molar-refractivity contribution in [2.45, 2.75) is 4.16 Å². The summed E-state index contributed by atoms with van der Waals surface area (Å²) in [5, 5.41) is 0.0758. The van der Waals surface area contributed by atoms with Crippen LogP contribution in [0.3, 0.4) is 0 Å². The van der Waals surface area contributed by atoms with E-state index in [1.807, 2.05) is 0 Å². The van der Waals surface area contributed by atoms with Gasteiger partial charge in [0.15, 0.2) is 5.04 Å². The highest BCUT2D eigenvalue weighted by molar-refractivity contribution is 9.12. The standard InChI is InChI=1S/C4H3BrN2O2S/c5-1-3(9)7-4(10-1)2(6)8/h1H,(H2,6,8). The largest absolute Gasteiger partial charge is 0.364 e. The van der Waals surface area contributed by atoms with E-state index < -0.39 is 10.1 Å². The van der Waals surface area contributed by atoms with Crippen molar-refractivity contribution in [1.82, 2.24) is 0 Å². The lowest BCUT2D eigenvalue weighted by atomic mass is 10.6. The maximum Gasteiger partial charge on any atom is 0.274 e. The third kappa shape index (κ3) is 1.38. The predicted molar refractivity (Wildman–Crippen MR) is 41.9 cm³/mol. The van der Waals surface area contributed by atoms with Crippen molar-refractivity contribution in [1.29, 1.82) is 0 Å². The average molecular weight is 223 g/mol. The lowest BCUT2D eigenvalue weighted by Gasteiger charge is -1.90. The van der Waals surface area contributed by atoms with Gasteiger partial charge in [0.25, 0.3) is 11.8 Å². The molecule has 0 saturated heterocycles. The van der Waals surface area contributed by atoms with Gasteiger partial charge in [0.2, 0.25) is 0 Å². The van der Waals surface area contributed by atoms with Gasteiger partial charge in [-0.15, -0.1) is 0 Å². The molecular weight excluding hydrogens is 220 g/mol. The van der Waals surface area contributed by atoms with Crippen molar-refractivity contribution in [3.8, 4) is 0 Å². The summed E-state index contributed by atoms with van der Waals surface area (Å²) in [6.07, 6.45) is 0. The van der Waals surface area contributed by atoms with Gasteiger partial charge >= 0.3 is 0 Å². The molecule has 0 aromatic rings. The molecule has 1 atom stereocenters. The van der Waals surface area contributed by atoms with Crippen LogP contribution in [0.25, 0.3) is 0 Å². The third-order valence-corrected chi connectivity index (χ3v) is 2.71. The van der Waals surface area contributed by atoms with Crippen molar-refractivity contribution in [2.75, 3.05) is 0 Å². The van der Waals surface area contributed by atoms with Gasteiger partial charge in [-0.3, -0.25) is 9.59 Å². The van der Waals surface area contributed by atoms with E-state index in [0.29, 0.717) is 0 Å². The first-order chi connectivity index (χ1) is 4.61. The lowest BCUT2D eigenvalue weighted by molar-refractivity contribution is -0.116. The van der Waals surface area contributed by atoms with Crippen LogP contribution in [0.1, 0.15) is 0 Å². The summed E-state index contributed by atoms with van der Waals surface area (Å²) in [5.74, 6) is -1.01. The van der Waals surface area contributed by atoms with E-state index in [2.05, 4.69) is 20.9 Å². The minimum absolute atomic E-state index is 0.0758. The minimum atomic E-state index is -0.653. The fourth-order valence-corrected chi connectivity index (χ4v) is 1.68. The van der Waals surface area contributed by atoms with Crippen LogP contribution in [0.5, 0.6) is 0 Å². The third-order valence-electron chi connectivity index (χ3n) is 0.832. The number of rotatable bonds is 1. The Balaban J connectivity index is 2.77. The number of carbonyl (C=O) groups excluding carboxylic acids is 2. The Morgan fingerprint density at radius 1 is 1.80 bits per heavy atom. The molecule has 0 bridgehead atoms. The molecule has 2 amide bonds. The van der Waals surface area contributed by atoms with E-state index in [4.69, 9.17) is 5.73 Å². The van der Waals surface area contributed by atoms with Crippen molar-refractivity contribution in [3.05, 3.63) is 0 Å². The molecule has 0 aromatic carbocycles. The smallest absolute Gasteiger partial charge is 0.274 e. The van der Waals surface area contributed by atoms with Gasteiger partial charge in [-0.1, -0.05) is 27.7 Å². The molecule has 0 aromatic heterocycles. The van der Waals surface area contributed by atoms with Crippen LogP contribution in [0, 0.1) is 0 Å². The quantitative estimate of drug-likeness (QED) is 0.629. The number of primary amides is 1. The van der Waals surface area contributed by atoms with Gasteiger partial charge in [-0.2, -0.15) is 4.99 Å². The van der Waals surface area contributed by atoms with Crippen molar-refractivity contribution < 1.29 is 9.59 Å². The number of halogens is 1. The molecular formula is C4H3BrN2O2S. The molecule has 10 heavy (non-hydrogen) atoms. The van der Waals surface area contributed by atoms with Gasteiger partial charge < -0.3 is 5.73 Å². The summed E-state index contributed by atoms with van der Waals surface area (Å²) in [5.41, 5.74) is 4.86. The zero-order valence-electron chi connectivity index (χ0n) is 4.70. The number of nitrogens with two attached hydrogens (primary N) is 1. The second-order valence-electron chi connectivity index (χ2n) is 1.55. The van der Waals surface area contributed by atoms with Crippen LogP contribution in [-0.4, -0.2) is 21.0 Å². The Bertz CT molecular complexity index is 227.